The van der Waals surface area contributed by atoms with E-state index < -0.39 is 0 Å². The van der Waals surface area contributed by atoms with Gasteiger partial charge >= 0.3 is 6.09 Å². The van der Waals surface area contributed by atoms with Crippen LogP contribution in [-0.4, -0.2) is 18.2 Å². The highest BCUT2D eigenvalue weighted by Gasteiger charge is 2.52. The average molecular weight is 311 g/mol. The van der Waals surface area contributed by atoms with E-state index >= 15 is 0 Å². The monoisotopic (exact) mass is 310 g/mol. The fourth-order valence-electron chi connectivity index (χ4n) is 3.22. The second-order valence-corrected chi connectivity index (χ2v) is 6.15. The number of nitrogens with two attached hydrogens (primary N) is 1. The molecule has 21 heavy (non-hydrogen) atoms. The van der Waals surface area contributed by atoms with E-state index in [2.05, 4.69) is 5.32 Å². The van der Waals surface area contributed by atoms with Crippen molar-refractivity contribution in [1.29, 1.82) is 0 Å². The fraction of sp³-hybridized carbons (Fsp3) is 0.562. The molecule has 0 saturated heterocycles. The molecule has 2 fully saturated rings. The molecule has 116 valence electrons. The molecule has 0 aromatic heterocycles. The molecule has 0 bridgehead atoms. The number of nitrogens with one attached hydrogen (secondary N) is 1. The van der Waals surface area contributed by atoms with Crippen LogP contribution in [0.3, 0.4) is 0 Å². The maximum Gasteiger partial charge on any atom is 0.407 e. The van der Waals surface area contributed by atoms with Crippen molar-refractivity contribution >= 4 is 18.5 Å². The molecule has 2 saturated carbocycles. The molecule has 1 spiro atoms. The van der Waals surface area contributed by atoms with E-state index in [4.69, 9.17) is 10.5 Å². The summed E-state index contributed by atoms with van der Waals surface area (Å²) in [4.78, 5) is 11.8. The quantitative estimate of drug-likeness (QED) is 0.902. The highest BCUT2D eigenvalue weighted by molar-refractivity contribution is 5.85. The third-order valence-corrected chi connectivity index (χ3v) is 4.77. The van der Waals surface area contributed by atoms with Gasteiger partial charge in [-0.2, -0.15) is 0 Å². The minimum absolute atomic E-state index is 0. The Hall–Kier alpha value is -1.26. The minimum Gasteiger partial charge on any atom is -0.445 e. The van der Waals surface area contributed by atoms with E-state index in [9.17, 15) is 4.79 Å². The topological polar surface area (TPSA) is 64.3 Å². The van der Waals surface area contributed by atoms with Crippen molar-refractivity contribution < 1.29 is 9.53 Å². The Morgan fingerprint density at radius 3 is 2.48 bits per heavy atom. The van der Waals surface area contributed by atoms with Crippen LogP contribution in [0.25, 0.3) is 0 Å². The summed E-state index contributed by atoms with van der Waals surface area (Å²) in [6, 6.07) is 10.4. The fourth-order valence-corrected chi connectivity index (χ4v) is 3.22. The normalized spacial score (nSPS) is 30.3. The van der Waals surface area contributed by atoms with Gasteiger partial charge in [-0.3, -0.25) is 0 Å². The van der Waals surface area contributed by atoms with Crippen molar-refractivity contribution in [3.05, 3.63) is 35.9 Å². The maximum absolute atomic E-state index is 11.8. The number of hydrogen-bond acceptors (Lipinski definition) is 3. The van der Waals surface area contributed by atoms with Crippen LogP contribution in [0.4, 0.5) is 4.79 Å². The zero-order chi connectivity index (χ0) is 14.0. The summed E-state index contributed by atoms with van der Waals surface area (Å²) in [5.74, 6) is 0. The Balaban J connectivity index is 0.00000161. The van der Waals surface area contributed by atoms with Crippen LogP contribution in [0.15, 0.2) is 30.3 Å². The van der Waals surface area contributed by atoms with Gasteiger partial charge in [-0.05, 0) is 43.1 Å². The van der Waals surface area contributed by atoms with Crippen molar-refractivity contribution in [3.8, 4) is 0 Å². The molecule has 4 nitrogen and oxygen atoms in total. The lowest BCUT2D eigenvalue weighted by molar-refractivity contribution is 0.130. The number of hydrogen-bond donors (Lipinski definition) is 2. The molecule has 1 amide bonds. The third kappa shape index (κ3) is 3.89. The van der Waals surface area contributed by atoms with E-state index in [0.29, 0.717) is 18.1 Å². The number of alkyl carbamates (subject to hydrolysis) is 1. The lowest BCUT2D eigenvalue weighted by atomic mass is 9.83. The van der Waals surface area contributed by atoms with Crippen LogP contribution in [0.2, 0.25) is 0 Å². The molecule has 3 N–H and O–H groups in total. The molecular formula is C16H23ClN2O2. The summed E-state index contributed by atoms with van der Waals surface area (Å²) < 4.78 is 5.24. The van der Waals surface area contributed by atoms with Gasteiger partial charge in [-0.25, -0.2) is 4.79 Å². The Labute approximate surface area is 131 Å². The number of benzene rings is 1. The third-order valence-electron chi connectivity index (χ3n) is 4.77. The van der Waals surface area contributed by atoms with Gasteiger partial charge < -0.3 is 15.8 Å². The zero-order valence-corrected chi connectivity index (χ0v) is 12.9. The summed E-state index contributed by atoms with van der Waals surface area (Å²) in [5, 5.41) is 2.97. The van der Waals surface area contributed by atoms with Gasteiger partial charge in [-0.15, -0.1) is 12.4 Å². The molecule has 0 aliphatic heterocycles. The number of halogens is 1. The van der Waals surface area contributed by atoms with Crippen LogP contribution in [0, 0.1) is 5.41 Å². The number of ether oxygens (including phenoxy) is 1. The summed E-state index contributed by atoms with van der Waals surface area (Å²) in [6.45, 7) is 0.328. The molecule has 2 aliphatic rings. The summed E-state index contributed by atoms with van der Waals surface area (Å²) in [6.07, 6.45) is 5.17. The first-order chi connectivity index (χ1) is 9.68. The Bertz CT molecular complexity index is 472. The van der Waals surface area contributed by atoms with Gasteiger partial charge in [0.1, 0.15) is 6.61 Å². The van der Waals surface area contributed by atoms with Crippen molar-refractivity contribution in [1.82, 2.24) is 5.32 Å². The standard InChI is InChI=1S/C16H22N2O2.ClH/c17-14-10-16(14)8-6-13(7-9-16)18-15(19)20-11-12-4-2-1-3-5-12;/h1-5,13-14H,6-11,17H2,(H,18,19);1H. The van der Waals surface area contributed by atoms with E-state index in [-0.39, 0.29) is 24.5 Å². The van der Waals surface area contributed by atoms with Crippen molar-refractivity contribution in [3.63, 3.8) is 0 Å². The molecule has 1 aromatic carbocycles. The molecule has 0 heterocycles. The second kappa shape index (κ2) is 6.67. The van der Waals surface area contributed by atoms with Gasteiger partial charge in [0, 0.05) is 12.1 Å². The lowest BCUT2D eigenvalue weighted by Gasteiger charge is -2.29. The Morgan fingerprint density at radius 1 is 1.29 bits per heavy atom. The first kappa shape index (κ1) is 16.1. The van der Waals surface area contributed by atoms with E-state index in [1.165, 1.54) is 0 Å². The van der Waals surface area contributed by atoms with E-state index in [1.807, 2.05) is 30.3 Å². The molecule has 1 atom stereocenters. The molecule has 2 aliphatic carbocycles. The molecule has 1 aromatic rings. The smallest absolute Gasteiger partial charge is 0.407 e. The summed E-state index contributed by atoms with van der Waals surface area (Å²) in [7, 11) is 0. The Morgan fingerprint density at radius 2 is 1.90 bits per heavy atom. The first-order valence-electron chi connectivity index (χ1n) is 7.41. The molecule has 1 unspecified atom stereocenters. The number of rotatable bonds is 3. The largest absolute Gasteiger partial charge is 0.445 e. The van der Waals surface area contributed by atoms with Gasteiger partial charge in [0.15, 0.2) is 0 Å². The van der Waals surface area contributed by atoms with Gasteiger partial charge in [-0.1, -0.05) is 30.3 Å². The highest BCUT2D eigenvalue weighted by Crippen LogP contribution is 2.54. The van der Waals surface area contributed by atoms with Crippen molar-refractivity contribution in [2.24, 2.45) is 11.1 Å². The van der Waals surface area contributed by atoms with Crippen LogP contribution < -0.4 is 11.1 Å². The zero-order valence-electron chi connectivity index (χ0n) is 12.1. The maximum atomic E-state index is 11.8. The van der Waals surface area contributed by atoms with Gasteiger partial charge in [0.05, 0.1) is 0 Å². The van der Waals surface area contributed by atoms with Gasteiger partial charge in [0.2, 0.25) is 0 Å². The molecular weight excluding hydrogens is 288 g/mol. The lowest BCUT2D eigenvalue weighted by Crippen LogP contribution is -2.39. The first-order valence-corrected chi connectivity index (χ1v) is 7.41. The predicted molar refractivity (Wildman–Crippen MR) is 84.3 cm³/mol. The SMILES string of the molecule is Cl.NC1CC12CCC(NC(=O)OCc1ccccc1)CC2. The number of amides is 1. The van der Waals surface area contributed by atoms with Crippen LogP contribution in [-0.2, 0) is 11.3 Å². The highest BCUT2D eigenvalue weighted by atomic mass is 35.5. The van der Waals surface area contributed by atoms with E-state index in [1.54, 1.807) is 0 Å². The summed E-state index contributed by atoms with van der Waals surface area (Å²) in [5.41, 5.74) is 7.40. The molecule has 5 heteroatoms. The van der Waals surface area contributed by atoms with Crippen molar-refractivity contribution in [2.75, 3.05) is 0 Å². The predicted octanol–water partition coefficient (Wildman–Crippen LogP) is 2.99. The number of carbonyl (C=O) groups excluding carboxylic acids is 1. The average Bonchev–Trinajstić information content (AvgIpc) is 3.10. The Kier molecular flexibility index (Phi) is 5.12. The van der Waals surface area contributed by atoms with Gasteiger partial charge in [0.25, 0.3) is 0 Å². The second-order valence-electron chi connectivity index (χ2n) is 6.15. The van der Waals surface area contributed by atoms with Crippen LogP contribution >= 0.6 is 12.4 Å². The minimum atomic E-state index is -0.310. The van der Waals surface area contributed by atoms with Crippen LogP contribution in [0.5, 0.6) is 0 Å². The van der Waals surface area contributed by atoms with Crippen LogP contribution in [0.1, 0.15) is 37.7 Å². The molecule has 0 radical (unpaired) electrons. The summed E-state index contributed by atoms with van der Waals surface area (Å²) >= 11 is 0. The number of carbonyl (C=O) groups is 1. The van der Waals surface area contributed by atoms with Crippen molar-refractivity contribution in [2.45, 2.75) is 50.8 Å². The molecule has 3 rings (SSSR count). The van der Waals surface area contributed by atoms with E-state index in [0.717, 1.165) is 37.7 Å².